The Bertz CT molecular complexity index is 1240. The molecule has 0 aliphatic carbocycles. The summed E-state index contributed by atoms with van der Waals surface area (Å²) in [6.45, 7) is 0. The number of nitrogens with zero attached hydrogens (tertiary/aromatic N) is 3. The fourth-order valence-electron chi connectivity index (χ4n) is 3.99. The zero-order valence-corrected chi connectivity index (χ0v) is 19.5. The second-order valence-corrected chi connectivity index (χ2v) is 17.3. The maximum absolute atomic E-state index is 13.3. The van der Waals surface area contributed by atoms with E-state index in [9.17, 15) is 4.79 Å². The van der Waals surface area contributed by atoms with Crippen LogP contribution in [-0.4, -0.2) is 31.6 Å². The Balaban J connectivity index is 1.88. The Morgan fingerprint density at radius 3 is 1.58 bits per heavy atom. The maximum atomic E-state index is 13.3. The van der Waals surface area contributed by atoms with Crippen LogP contribution in [0.25, 0.3) is 11.6 Å². The van der Waals surface area contributed by atoms with Crippen molar-refractivity contribution in [3.63, 3.8) is 0 Å². The zero-order chi connectivity index (χ0) is 21.1. The summed E-state index contributed by atoms with van der Waals surface area (Å²) in [6, 6.07) is 36.1. The van der Waals surface area contributed by atoms with Crippen molar-refractivity contribution < 1.29 is 4.42 Å². The van der Waals surface area contributed by atoms with Crippen LogP contribution in [-0.2, 0) is 0 Å². The van der Waals surface area contributed by atoms with E-state index in [-0.39, 0.29) is 5.89 Å². The summed E-state index contributed by atoms with van der Waals surface area (Å²) in [5.74, 6) is -0.234. The van der Waals surface area contributed by atoms with Gasteiger partial charge in [0.05, 0.1) is 0 Å². The molecule has 0 saturated carbocycles. The van der Waals surface area contributed by atoms with Gasteiger partial charge in [-0.05, 0) is 0 Å². The van der Waals surface area contributed by atoms with E-state index in [1.807, 2.05) is 66.7 Å². The van der Waals surface area contributed by atoms with Gasteiger partial charge in [0.15, 0.2) is 0 Å². The van der Waals surface area contributed by atoms with Crippen LogP contribution in [0.2, 0.25) is 0 Å². The Morgan fingerprint density at radius 2 is 1.13 bits per heavy atom. The normalized spacial score (nSPS) is 11.4. The van der Waals surface area contributed by atoms with Crippen LogP contribution in [0.1, 0.15) is 0 Å². The molecule has 0 bridgehead atoms. The van der Waals surface area contributed by atoms with Gasteiger partial charge in [0.1, 0.15) is 0 Å². The summed E-state index contributed by atoms with van der Waals surface area (Å²) in [6.07, 6.45) is 1.66. The topological polar surface area (TPSA) is 60.9 Å². The number of aromatic nitrogens is 3. The first kappa shape index (κ1) is 19.5. The van der Waals surface area contributed by atoms with Crippen molar-refractivity contribution in [1.82, 2.24) is 13.0 Å². The van der Waals surface area contributed by atoms with E-state index in [4.69, 9.17) is 9.52 Å². The molecule has 6 heteroatoms. The van der Waals surface area contributed by atoms with Gasteiger partial charge in [-0.1, -0.05) is 0 Å². The molecule has 0 amide bonds. The van der Waals surface area contributed by atoms with Crippen LogP contribution in [0.4, 0.5) is 0 Å². The van der Waals surface area contributed by atoms with Crippen molar-refractivity contribution >= 4 is 29.4 Å². The molecule has 0 saturated heterocycles. The number of benzene rings is 3. The van der Waals surface area contributed by atoms with Crippen LogP contribution in [0, 0.1) is 0 Å². The summed E-state index contributed by atoms with van der Waals surface area (Å²) < 4.78 is 10.6. The quantitative estimate of drug-likeness (QED) is 0.340. The van der Waals surface area contributed by atoms with Gasteiger partial charge < -0.3 is 0 Å². The van der Waals surface area contributed by atoms with Gasteiger partial charge in [-0.2, -0.15) is 0 Å². The first-order valence-corrected chi connectivity index (χ1v) is 15.5. The summed E-state index contributed by atoms with van der Waals surface area (Å²) in [4.78, 5) is 17.7. The van der Waals surface area contributed by atoms with E-state index in [2.05, 4.69) is 41.4 Å². The van der Waals surface area contributed by atoms with Crippen LogP contribution in [0.15, 0.2) is 125 Å². The molecule has 0 aliphatic rings. The predicted octanol–water partition coefficient (Wildman–Crippen LogP) is 2.41. The second kappa shape index (κ2) is 8.35. The Morgan fingerprint density at radius 1 is 0.645 bits per heavy atom. The van der Waals surface area contributed by atoms with Crippen LogP contribution < -0.4 is 16.5 Å². The van der Waals surface area contributed by atoms with Crippen molar-refractivity contribution in [3.05, 3.63) is 126 Å². The molecule has 2 heterocycles. The number of rotatable bonds is 5. The number of pyridine rings is 1. The molecule has 0 fully saturated rings. The van der Waals surface area contributed by atoms with Gasteiger partial charge in [0, 0.05) is 0 Å². The van der Waals surface area contributed by atoms with Crippen LogP contribution in [0.3, 0.4) is 0 Å². The van der Waals surface area contributed by atoms with Gasteiger partial charge in [0.2, 0.25) is 0 Å². The number of hydrogen-bond donors (Lipinski definition) is 0. The molecule has 0 N–H and O–H groups in total. The Labute approximate surface area is 183 Å². The third-order valence-electron chi connectivity index (χ3n) is 5.32. The molecule has 0 spiro atoms. The van der Waals surface area contributed by atoms with Crippen molar-refractivity contribution in [1.29, 1.82) is 0 Å². The van der Waals surface area contributed by atoms with Crippen LogP contribution in [0.5, 0.6) is 0 Å². The SMILES string of the molecule is O=c1oc(-c2ccccn2)n[n]1[Sn]([c]1ccccc1)([c]1ccccc1)[c]1ccccc1. The molecule has 0 aliphatic heterocycles. The fraction of sp³-hybridized carbons (Fsp3) is 0. The molecule has 31 heavy (non-hydrogen) atoms. The van der Waals surface area contributed by atoms with Gasteiger partial charge in [-0.15, -0.1) is 0 Å². The van der Waals surface area contributed by atoms with E-state index in [1.54, 1.807) is 15.2 Å². The van der Waals surface area contributed by atoms with E-state index in [0.29, 0.717) is 5.69 Å². The molecule has 5 nitrogen and oxygen atoms in total. The molecule has 3 aromatic carbocycles. The minimum atomic E-state index is -4.14. The molecule has 0 atom stereocenters. The predicted molar refractivity (Wildman–Crippen MR) is 123 cm³/mol. The van der Waals surface area contributed by atoms with E-state index in [1.165, 1.54) is 0 Å². The average Bonchev–Trinajstić information content (AvgIpc) is 3.24. The van der Waals surface area contributed by atoms with Gasteiger partial charge in [0.25, 0.3) is 0 Å². The van der Waals surface area contributed by atoms with Gasteiger partial charge in [-0.25, -0.2) is 0 Å². The average molecular weight is 512 g/mol. The minimum absolute atomic E-state index is 0.231. The third-order valence-corrected chi connectivity index (χ3v) is 18.0. The number of hydrogen-bond acceptors (Lipinski definition) is 4. The molecule has 0 unspecified atom stereocenters. The molecular weight excluding hydrogens is 493 g/mol. The molecule has 2 aromatic heterocycles. The van der Waals surface area contributed by atoms with Crippen LogP contribution >= 0.6 is 0 Å². The first-order valence-electron chi connectivity index (χ1n) is 9.99. The molecule has 5 rings (SSSR count). The summed E-state index contributed by atoms with van der Waals surface area (Å²) in [5.41, 5.74) is 0.535. The van der Waals surface area contributed by atoms with Crippen molar-refractivity contribution in [2.45, 2.75) is 0 Å². The molecule has 150 valence electrons. The monoisotopic (exact) mass is 513 g/mol. The van der Waals surface area contributed by atoms with Gasteiger partial charge in [-0.3, -0.25) is 0 Å². The summed E-state index contributed by atoms with van der Waals surface area (Å²) in [5, 5.41) is 4.75. The Hall–Kier alpha value is -3.45. The fourth-order valence-corrected chi connectivity index (χ4v) is 16.3. The van der Waals surface area contributed by atoms with Crippen molar-refractivity contribution in [2.24, 2.45) is 0 Å². The molecule has 5 aromatic rings. The van der Waals surface area contributed by atoms with E-state index in [0.717, 1.165) is 10.7 Å². The van der Waals surface area contributed by atoms with E-state index < -0.39 is 24.4 Å². The Kier molecular flexibility index (Phi) is 5.26. The third kappa shape index (κ3) is 3.40. The zero-order valence-electron chi connectivity index (χ0n) is 16.6. The summed E-state index contributed by atoms with van der Waals surface area (Å²) >= 11 is -4.14. The second-order valence-electron chi connectivity index (χ2n) is 7.11. The molecular formula is C25H19N3O2Sn. The van der Waals surface area contributed by atoms with E-state index >= 15 is 0 Å². The standard InChI is InChI=1S/C7H5N3O2.3C6H5.Sn/c11-7-10-9-6(12-7)5-3-1-2-4-8-5;3*1-2-4-6-5-3-1;/h1-4H,(H,8,10,11);3*1-5H;/q;;;;+1/p-1. The first-order chi connectivity index (χ1) is 15.3. The van der Waals surface area contributed by atoms with Crippen molar-refractivity contribution in [3.8, 4) is 11.6 Å². The van der Waals surface area contributed by atoms with Gasteiger partial charge >= 0.3 is 184 Å². The molecule has 0 radical (unpaired) electrons. The van der Waals surface area contributed by atoms with Crippen molar-refractivity contribution in [2.75, 3.05) is 0 Å². The summed E-state index contributed by atoms with van der Waals surface area (Å²) in [7, 11) is 0.